The lowest BCUT2D eigenvalue weighted by Gasteiger charge is -2.21. The summed E-state index contributed by atoms with van der Waals surface area (Å²) >= 11 is 0. The van der Waals surface area contributed by atoms with Gasteiger partial charge >= 0.3 is 0 Å². The molecule has 1 heterocycles. The molecular weight excluding hydrogens is 364 g/mol. The number of benzene rings is 1. The average Bonchev–Trinajstić information content (AvgIpc) is 3.21. The van der Waals surface area contributed by atoms with Gasteiger partial charge in [0.15, 0.2) is 5.82 Å². The quantitative estimate of drug-likeness (QED) is 0.766. The molecule has 1 fully saturated rings. The normalized spacial score (nSPS) is 17.3. The standard InChI is InChI=1S/C23H28N4O2/c24-21(28)22-25-23(19-11-5-2-6-12-19)27(26-22)20-13-7-10-18(14-20)16-29-15-17-8-3-1-4-9-17/h5,7,10-14,17H,1-4,6,8-9,15-16H2,(H2,24,28). The number of carbonyl (C=O) groups is 1. The smallest absolute Gasteiger partial charge is 0.288 e. The van der Waals surface area contributed by atoms with Gasteiger partial charge in [0.25, 0.3) is 5.91 Å². The van der Waals surface area contributed by atoms with Crippen LogP contribution in [0.4, 0.5) is 0 Å². The van der Waals surface area contributed by atoms with Crippen LogP contribution in [-0.2, 0) is 11.3 Å². The van der Waals surface area contributed by atoms with Crippen molar-refractivity contribution in [1.82, 2.24) is 14.8 Å². The molecular formula is C23H28N4O2. The first-order valence-electron chi connectivity index (χ1n) is 10.5. The molecule has 0 bridgehead atoms. The molecule has 0 unspecified atom stereocenters. The van der Waals surface area contributed by atoms with Crippen molar-refractivity contribution in [2.45, 2.75) is 51.6 Å². The van der Waals surface area contributed by atoms with E-state index in [-0.39, 0.29) is 5.82 Å². The van der Waals surface area contributed by atoms with Gasteiger partial charge in [0.1, 0.15) is 0 Å². The molecule has 2 aliphatic rings. The number of allylic oxidation sites excluding steroid dienone is 4. The molecule has 29 heavy (non-hydrogen) atoms. The molecule has 2 aliphatic carbocycles. The van der Waals surface area contributed by atoms with Gasteiger partial charge in [-0.3, -0.25) is 4.79 Å². The average molecular weight is 393 g/mol. The topological polar surface area (TPSA) is 83.0 Å². The zero-order valence-electron chi connectivity index (χ0n) is 16.7. The maximum atomic E-state index is 11.7. The summed E-state index contributed by atoms with van der Waals surface area (Å²) < 4.78 is 7.70. The third kappa shape index (κ3) is 4.82. The monoisotopic (exact) mass is 392 g/mol. The zero-order valence-corrected chi connectivity index (χ0v) is 16.7. The number of hydrogen-bond acceptors (Lipinski definition) is 4. The van der Waals surface area contributed by atoms with Gasteiger partial charge in [-0.15, -0.1) is 5.10 Å². The van der Waals surface area contributed by atoms with Crippen LogP contribution < -0.4 is 5.73 Å². The SMILES string of the molecule is NC(=O)c1nc(C2=CCCC=C2)n(-c2cccc(COCC3CCCCC3)c2)n1. The van der Waals surface area contributed by atoms with E-state index in [1.807, 2.05) is 24.3 Å². The number of hydrogen-bond donors (Lipinski definition) is 1. The van der Waals surface area contributed by atoms with Gasteiger partial charge in [0, 0.05) is 12.2 Å². The molecule has 1 aromatic carbocycles. The number of rotatable bonds is 7. The Hall–Kier alpha value is -2.73. The summed E-state index contributed by atoms with van der Waals surface area (Å²) in [6, 6.07) is 8.03. The van der Waals surface area contributed by atoms with Crippen molar-refractivity contribution in [3.8, 4) is 5.69 Å². The molecule has 1 amide bonds. The summed E-state index contributed by atoms with van der Waals surface area (Å²) in [7, 11) is 0. The van der Waals surface area contributed by atoms with Crippen LogP contribution >= 0.6 is 0 Å². The molecule has 6 heteroatoms. The molecule has 1 saturated carbocycles. The number of carbonyl (C=O) groups excluding carboxylic acids is 1. The Bertz CT molecular complexity index is 923. The van der Waals surface area contributed by atoms with Crippen LogP contribution in [0.2, 0.25) is 0 Å². The van der Waals surface area contributed by atoms with Crippen LogP contribution in [0.5, 0.6) is 0 Å². The highest BCUT2D eigenvalue weighted by atomic mass is 16.5. The van der Waals surface area contributed by atoms with Crippen LogP contribution in [0.25, 0.3) is 11.3 Å². The lowest BCUT2D eigenvalue weighted by Crippen LogP contribution is -2.13. The van der Waals surface area contributed by atoms with Crippen molar-refractivity contribution in [3.05, 3.63) is 59.7 Å². The van der Waals surface area contributed by atoms with E-state index in [2.05, 4.69) is 28.3 Å². The van der Waals surface area contributed by atoms with Crippen LogP contribution in [0.15, 0.2) is 42.5 Å². The molecule has 1 aromatic heterocycles. The predicted molar refractivity (Wildman–Crippen MR) is 112 cm³/mol. The molecule has 152 valence electrons. The fourth-order valence-corrected chi connectivity index (χ4v) is 4.04. The second-order valence-corrected chi connectivity index (χ2v) is 7.86. The molecule has 4 rings (SSSR count). The van der Waals surface area contributed by atoms with E-state index in [1.54, 1.807) is 4.68 Å². The van der Waals surface area contributed by atoms with Gasteiger partial charge in [-0.1, -0.05) is 49.6 Å². The first-order chi connectivity index (χ1) is 14.2. The minimum Gasteiger partial charge on any atom is -0.376 e. The predicted octanol–water partition coefficient (Wildman–Crippen LogP) is 4.20. The Balaban J connectivity index is 1.53. The summed E-state index contributed by atoms with van der Waals surface area (Å²) in [5, 5.41) is 4.37. The fraction of sp³-hybridized carbons (Fsp3) is 0.435. The Morgan fingerprint density at radius 2 is 2.07 bits per heavy atom. The van der Waals surface area contributed by atoms with Crippen LogP contribution in [0.3, 0.4) is 0 Å². The minimum absolute atomic E-state index is 0.0267. The summed E-state index contributed by atoms with van der Waals surface area (Å²) in [5.41, 5.74) is 8.31. The molecule has 0 saturated heterocycles. The van der Waals surface area contributed by atoms with E-state index in [0.717, 1.165) is 36.3 Å². The summed E-state index contributed by atoms with van der Waals surface area (Å²) in [4.78, 5) is 16.1. The van der Waals surface area contributed by atoms with Crippen molar-refractivity contribution in [1.29, 1.82) is 0 Å². The number of ether oxygens (including phenoxy) is 1. The molecule has 6 nitrogen and oxygen atoms in total. The molecule has 0 aliphatic heterocycles. The Kier molecular flexibility index (Phi) is 6.20. The Morgan fingerprint density at radius 3 is 2.83 bits per heavy atom. The van der Waals surface area contributed by atoms with Gasteiger partial charge < -0.3 is 10.5 Å². The van der Waals surface area contributed by atoms with Gasteiger partial charge in [-0.2, -0.15) is 0 Å². The van der Waals surface area contributed by atoms with Crippen molar-refractivity contribution in [2.75, 3.05) is 6.61 Å². The highest BCUT2D eigenvalue weighted by Gasteiger charge is 2.18. The van der Waals surface area contributed by atoms with E-state index >= 15 is 0 Å². The van der Waals surface area contributed by atoms with E-state index in [1.165, 1.54) is 32.1 Å². The summed E-state index contributed by atoms with van der Waals surface area (Å²) in [5.74, 6) is 0.725. The second kappa shape index (κ2) is 9.18. The highest BCUT2D eigenvalue weighted by molar-refractivity contribution is 5.89. The first-order valence-corrected chi connectivity index (χ1v) is 10.5. The molecule has 2 N–H and O–H groups in total. The first kappa shape index (κ1) is 19.6. The Labute approximate surface area is 171 Å². The third-order valence-corrected chi connectivity index (χ3v) is 5.58. The number of aromatic nitrogens is 3. The van der Waals surface area contributed by atoms with E-state index < -0.39 is 5.91 Å². The van der Waals surface area contributed by atoms with Crippen molar-refractivity contribution >= 4 is 11.5 Å². The zero-order chi connectivity index (χ0) is 20.1. The van der Waals surface area contributed by atoms with E-state index in [9.17, 15) is 4.79 Å². The van der Waals surface area contributed by atoms with Crippen molar-refractivity contribution < 1.29 is 9.53 Å². The summed E-state index contributed by atoms with van der Waals surface area (Å²) in [6.45, 7) is 1.39. The summed E-state index contributed by atoms with van der Waals surface area (Å²) in [6.07, 6.45) is 14.8. The van der Waals surface area contributed by atoms with E-state index in [0.29, 0.717) is 18.3 Å². The number of nitrogens with zero attached hydrogens (tertiary/aromatic N) is 3. The number of primary amides is 1. The maximum absolute atomic E-state index is 11.7. The van der Waals surface area contributed by atoms with Gasteiger partial charge in [0.05, 0.1) is 12.3 Å². The minimum atomic E-state index is -0.627. The highest BCUT2D eigenvalue weighted by Crippen LogP contribution is 2.25. The second-order valence-electron chi connectivity index (χ2n) is 7.86. The molecule has 0 radical (unpaired) electrons. The van der Waals surface area contributed by atoms with Gasteiger partial charge in [-0.25, -0.2) is 9.67 Å². The van der Waals surface area contributed by atoms with Crippen LogP contribution in [0.1, 0.15) is 67.0 Å². The van der Waals surface area contributed by atoms with Crippen LogP contribution in [0, 0.1) is 5.92 Å². The van der Waals surface area contributed by atoms with Crippen LogP contribution in [-0.4, -0.2) is 27.3 Å². The van der Waals surface area contributed by atoms with E-state index in [4.69, 9.17) is 10.5 Å². The lowest BCUT2D eigenvalue weighted by molar-refractivity contribution is 0.0739. The largest absolute Gasteiger partial charge is 0.376 e. The van der Waals surface area contributed by atoms with Crippen molar-refractivity contribution in [2.24, 2.45) is 11.7 Å². The molecule has 2 aromatic rings. The fourth-order valence-electron chi connectivity index (χ4n) is 4.04. The number of nitrogens with two attached hydrogens (primary N) is 1. The number of amides is 1. The Morgan fingerprint density at radius 1 is 1.21 bits per heavy atom. The maximum Gasteiger partial charge on any atom is 0.288 e. The molecule has 0 atom stereocenters. The third-order valence-electron chi connectivity index (χ3n) is 5.58. The van der Waals surface area contributed by atoms with Gasteiger partial charge in [0.2, 0.25) is 5.82 Å². The molecule has 0 spiro atoms. The lowest BCUT2D eigenvalue weighted by atomic mass is 9.90. The van der Waals surface area contributed by atoms with Gasteiger partial charge in [-0.05, 0) is 49.3 Å². The van der Waals surface area contributed by atoms with Crippen molar-refractivity contribution in [3.63, 3.8) is 0 Å².